The summed E-state index contributed by atoms with van der Waals surface area (Å²) >= 11 is 7.49. The summed E-state index contributed by atoms with van der Waals surface area (Å²) in [4.78, 5) is 12.3. The van der Waals surface area contributed by atoms with Crippen molar-refractivity contribution in [2.24, 2.45) is 0 Å². The number of aromatic nitrogens is 4. The molecule has 1 unspecified atom stereocenters. The highest BCUT2D eigenvalue weighted by molar-refractivity contribution is 7.99. The van der Waals surface area contributed by atoms with Crippen molar-refractivity contribution in [3.8, 4) is 5.69 Å². The Bertz CT molecular complexity index is 959. The Labute approximate surface area is 167 Å². The fourth-order valence-electron chi connectivity index (χ4n) is 2.70. The van der Waals surface area contributed by atoms with Gasteiger partial charge in [0, 0.05) is 5.02 Å². The van der Waals surface area contributed by atoms with Crippen LogP contribution in [0.3, 0.4) is 0 Å². The van der Waals surface area contributed by atoms with E-state index in [2.05, 4.69) is 20.8 Å². The number of tetrazole rings is 1. The van der Waals surface area contributed by atoms with Gasteiger partial charge in [-0.25, -0.2) is 0 Å². The van der Waals surface area contributed by atoms with Gasteiger partial charge in [-0.1, -0.05) is 53.7 Å². The molecule has 2 aromatic carbocycles. The SMILES string of the molecule is Cc1cccc(-n2nnnc2SCC(=O)NC(C)c2ccccc2Cl)c1C. The zero-order valence-corrected chi connectivity index (χ0v) is 16.9. The van der Waals surface area contributed by atoms with Crippen molar-refractivity contribution >= 4 is 29.3 Å². The van der Waals surface area contributed by atoms with Crippen LogP contribution in [0.1, 0.15) is 29.7 Å². The zero-order chi connectivity index (χ0) is 19.4. The number of benzene rings is 2. The van der Waals surface area contributed by atoms with Crippen molar-refractivity contribution in [2.45, 2.75) is 32.0 Å². The number of hydrogen-bond acceptors (Lipinski definition) is 5. The third-order valence-electron chi connectivity index (χ3n) is 4.33. The number of halogens is 1. The second-order valence-corrected chi connectivity index (χ2v) is 7.54. The molecular weight excluding hydrogens is 382 g/mol. The van der Waals surface area contributed by atoms with E-state index in [-0.39, 0.29) is 17.7 Å². The third kappa shape index (κ3) is 4.48. The first-order chi connectivity index (χ1) is 13.0. The van der Waals surface area contributed by atoms with Gasteiger partial charge in [0.2, 0.25) is 11.1 Å². The Morgan fingerprint density at radius 2 is 2.00 bits per heavy atom. The molecule has 1 aromatic heterocycles. The number of hydrogen-bond donors (Lipinski definition) is 1. The summed E-state index contributed by atoms with van der Waals surface area (Å²) < 4.78 is 1.66. The summed E-state index contributed by atoms with van der Waals surface area (Å²) in [5.41, 5.74) is 4.05. The van der Waals surface area contributed by atoms with E-state index in [9.17, 15) is 4.79 Å². The average molecular weight is 402 g/mol. The van der Waals surface area contributed by atoms with E-state index in [1.54, 1.807) is 4.68 Å². The number of carbonyl (C=O) groups is 1. The number of thioether (sulfide) groups is 1. The molecule has 0 fully saturated rings. The lowest BCUT2D eigenvalue weighted by Gasteiger charge is -2.15. The van der Waals surface area contributed by atoms with Crippen molar-refractivity contribution in [1.82, 2.24) is 25.5 Å². The van der Waals surface area contributed by atoms with E-state index in [4.69, 9.17) is 11.6 Å². The van der Waals surface area contributed by atoms with Crippen LogP contribution in [-0.2, 0) is 4.79 Å². The van der Waals surface area contributed by atoms with Gasteiger partial charge in [0.15, 0.2) is 0 Å². The van der Waals surface area contributed by atoms with Gasteiger partial charge in [-0.2, -0.15) is 4.68 Å². The average Bonchev–Trinajstić information content (AvgIpc) is 3.11. The maximum Gasteiger partial charge on any atom is 0.230 e. The molecule has 3 rings (SSSR count). The van der Waals surface area contributed by atoms with Crippen LogP contribution in [0.2, 0.25) is 5.02 Å². The lowest BCUT2D eigenvalue weighted by molar-refractivity contribution is -0.119. The maximum absolute atomic E-state index is 12.3. The van der Waals surface area contributed by atoms with Crippen LogP contribution in [-0.4, -0.2) is 31.9 Å². The van der Waals surface area contributed by atoms with E-state index in [1.165, 1.54) is 11.8 Å². The normalized spacial score (nSPS) is 12.0. The summed E-state index contributed by atoms with van der Waals surface area (Å²) in [6.45, 7) is 5.97. The minimum atomic E-state index is -0.179. The van der Waals surface area contributed by atoms with Gasteiger partial charge >= 0.3 is 0 Å². The Morgan fingerprint density at radius 1 is 1.22 bits per heavy atom. The molecule has 0 aliphatic carbocycles. The van der Waals surface area contributed by atoms with Gasteiger partial charge in [0.25, 0.3) is 0 Å². The highest BCUT2D eigenvalue weighted by Crippen LogP contribution is 2.24. The molecule has 27 heavy (non-hydrogen) atoms. The minimum Gasteiger partial charge on any atom is -0.349 e. The molecule has 1 N–H and O–H groups in total. The molecule has 8 heteroatoms. The molecule has 6 nitrogen and oxygen atoms in total. The molecule has 1 heterocycles. The Kier molecular flexibility index (Phi) is 6.13. The fourth-order valence-corrected chi connectivity index (χ4v) is 3.70. The summed E-state index contributed by atoms with van der Waals surface area (Å²) in [6, 6.07) is 13.3. The van der Waals surface area contributed by atoms with Crippen LogP contribution < -0.4 is 5.32 Å². The van der Waals surface area contributed by atoms with Crippen molar-refractivity contribution in [3.63, 3.8) is 0 Å². The first-order valence-electron chi connectivity index (χ1n) is 8.49. The molecule has 1 amide bonds. The van der Waals surface area contributed by atoms with Crippen LogP contribution >= 0.6 is 23.4 Å². The minimum absolute atomic E-state index is 0.108. The van der Waals surface area contributed by atoms with E-state index in [0.29, 0.717) is 10.2 Å². The standard InChI is InChI=1S/C19H20ClN5OS/c1-12-7-6-10-17(13(12)2)25-19(22-23-24-25)27-11-18(26)21-14(3)15-8-4-5-9-16(15)20/h4-10,14H,11H2,1-3H3,(H,21,26). The largest absolute Gasteiger partial charge is 0.349 e. The molecule has 0 spiro atoms. The summed E-state index contributed by atoms with van der Waals surface area (Å²) in [5.74, 6) is 0.1000. The van der Waals surface area contributed by atoms with Crippen molar-refractivity contribution in [2.75, 3.05) is 5.75 Å². The number of nitrogens with zero attached hydrogens (tertiary/aromatic N) is 4. The number of carbonyl (C=O) groups excluding carboxylic acids is 1. The van der Waals surface area contributed by atoms with Gasteiger partial charge in [-0.15, -0.1) is 5.10 Å². The Morgan fingerprint density at radius 3 is 2.78 bits per heavy atom. The Hall–Kier alpha value is -2.38. The van der Waals surface area contributed by atoms with Crippen molar-refractivity contribution < 1.29 is 4.79 Å². The summed E-state index contributed by atoms with van der Waals surface area (Å²) in [7, 11) is 0. The zero-order valence-electron chi connectivity index (χ0n) is 15.3. The second-order valence-electron chi connectivity index (χ2n) is 6.19. The highest BCUT2D eigenvalue weighted by Gasteiger charge is 2.16. The van der Waals surface area contributed by atoms with Gasteiger partial charge in [-0.3, -0.25) is 4.79 Å². The summed E-state index contributed by atoms with van der Waals surface area (Å²) in [5, 5.41) is 16.0. The molecule has 0 aliphatic rings. The molecule has 0 aliphatic heterocycles. The predicted molar refractivity (Wildman–Crippen MR) is 107 cm³/mol. The van der Waals surface area contributed by atoms with Gasteiger partial charge in [0.1, 0.15) is 0 Å². The highest BCUT2D eigenvalue weighted by atomic mass is 35.5. The number of rotatable bonds is 6. The molecular formula is C19H20ClN5OS. The second kappa shape index (κ2) is 8.54. The molecule has 3 aromatic rings. The molecule has 140 valence electrons. The quantitative estimate of drug-likeness (QED) is 0.634. The molecule has 0 saturated heterocycles. The third-order valence-corrected chi connectivity index (χ3v) is 5.59. The lowest BCUT2D eigenvalue weighted by Crippen LogP contribution is -2.28. The van der Waals surface area contributed by atoms with E-state index in [1.807, 2.05) is 63.2 Å². The maximum atomic E-state index is 12.3. The van der Waals surface area contributed by atoms with Crippen LogP contribution in [0.5, 0.6) is 0 Å². The van der Waals surface area contributed by atoms with E-state index >= 15 is 0 Å². The number of amides is 1. The molecule has 0 bridgehead atoms. The molecule has 0 saturated carbocycles. The fraction of sp³-hybridized carbons (Fsp3) is 0.263. The molecule has 0 radical (unpaired) electrons. The van der Waals surface area contributed by atoms with Crippen LogP contribution in [0.15, 0.2) is 47.6 Å². The van der Waals surface area contributed by atoms with Gasteiger partial charge in [0.05, 0.1) is 17.5 Å². The predicted octanol–water partition coefficient (Wildman–Crippen LogP) is 3.90. The number of nitrogens with one attached hydrogen (secondary N) is 1. The first-order valence-corrected chi connectivity index (χ1v) is 9.85. The summed E-state index contributed by atoms with van der Waals surface area (Å²) in [6.07, 6.45) is 0. The van der Waals surface area contributed by atoms with Gasteiger partial charge < -0.3 is 5.32 Å². The van der Waals surface area contributed by atoms with Gasteiger partial charge in [-0.05, 0) is 60.0 Å². The van der Waals surface area contributed by atoms with E-state index < -0.39 is 0 Å². The lowest BCUT2D eigenvalue weighted by atomic mass is 10.1. The Balaban J connectivity index is 1.66. The monoisotopic (exact) mass is 401 g/mol. The van der Waals surface area contributed by atoms with Crippen LogP contribution in [0, 0.1) is 13.8 Å². The van der Waals surface area contributed by atoms with Crippen LogP contribution in [0.25, 0.3) is 5.69 Å². The first kappa shape index (κ1) is 19.4. The topological polar surface area (TPSA) is 72.7 Å². The molecule has 1 atom stereocenters. The smallest absolute Gasteiger partial charge is 0.230 e. The van der Waals surface area contributed by atoms with E-state index in [0.717, 1.165) is 22.4 Å². The van der Waals surface area contributed by atoms with Crippen LogP contribution in [0.4, 0.5) is 0 Å². The number of aryl methyl sites for hydroxylation is 1. The van der Waals surface area contributed by atoms with Crippen molar-refractivity contribution in [3.05, 3.63) is 64.2 Å². The van der Waals surface area contributed by atoms with Crippen molar-refractivity contribution in [1.29, 1.82) is 0 Å².